The van der Waals surface area contributed by atoms with Gasteiger partial charge in [0.25, 0.3) is 0 Å². The van der Waals surface area contributed by atoms with Crippen molar-refractivity contribution in [2.24, 2.45) is 0 Å². The van der Waals surface area contributed by atoms with E-state index in [1.54, 1.807) is 38.1 Å². The number of hydrogen-bond acceptors (Lipinski definition) is 6. The highest BCUT2D eigenvalue weighted by Crippen LogP contribution is 2.24. The van der Waals surface area contributed by atoms with Gasteiger partial charge in [0.2, 0.25) is 10.0 Å². The number of benzene rings is 2. The summed E-state index contributed by atoms with van der Waals surface area (Å²) in [5, 5.41) is 0. The van der Waals surface area contributed by atoms with E-state index in [-0.39, 0.29) is 23.2 Å². The molecule has 7 nitrogen and oxygen atoms in total. The van der Waals surface area contributed by atoms with Crippen LogP contribution in [0.4, 0.5) is 0 Å². The zero-order chi connectivity index (χ0) is 20.2. The maximum atomic E-state index is 13.0. The fourth-order valence-corrected chi connectivity index (χ4v) is 4.56. The molecule has 9 heteroatoms. The van der Waals surface area contributed by atoms with E-state index in [1.165, 1.54) is 35.7 Å². The molecule has 0 bridgehead atoms. The number of methoxy groups -OCH3 is 1. The molecule has 0 saturated heterocycles. The van der Waals surface area contributed by atoms with Crippen LogP contribution in [0.25, 0.3) is 0 Å². The van der Waals surface area contributed by atoms with Crippen LogP contribution in [-0.2, 0) is 26.7 Å². The van der Waals surface area contributed by atoms with Crippen molar-refractivity contribution in [3.05, 3.63) is 54.1 Å². The number of hydrogen-bond donors (Lipinski definition) is 0. The smallest absolute Gasteiger partial charge is 0.306 e. The van der Waals surface area contributed by atoms with Gasteiger partial charge in [-0.1, -0.05) is 12.1 Å². The van der Waals surface area contributed by atoms with E-state index in [2.05, 4.69) is 0 Å². The Morgan fingerprint density at radius 3 is 2.11 bits per heavy atom. The molecule has 0 aliphatic carbocycles. The Morgan fingerprint density at radius 2 is 1.59 bits per heavy atom. The third-order valence-electron chi connectivity index (χ3n) is 3.73. The van der Waals surface area contributed by atoms with E-state index in [1.807, 2.05) is 0 Å². The fraction of sp³-hybridized carbons (Fsp3) is 0.333. The molecule has 27 heavy (non-hydrogen) atoms. The quantitative estimate of drug-likeness (QED) is 0.618. The minimum atomic E-state index is -3.75. The molecule has 0 fully saturated rings. The minimum absolute atomic E-state index is 0.0764. The summed E-state index contributed by atoms with van der Waals surface area (Å²) in [4.78, 5) is 0.153. The number of ether oxygens (including phenoxy) is 1. The number of sulfonamides is 1. The van der Waals surface area contributed by atoms with E-state index in [9.17, 15) is 16.8 Å². The molecule has 2 aromatic rings. The van der Waals surface area contributed by atoms with Gasteiger partial charge in [-0.2, -0.15) is 12.7 Å². The van der Waals surface area contributed by atoms with Crippen molar-refractivity contribution in [3.8, 4) is 11.5 Å². The largest absolute Gasteiger partial charge is 0.497 e. The molecule has 0 spiro atoms. The topological polar surface area (TPSA) is 90.0 Å². The first-order valence-corrected chi connectivity index (χ1v) is 11.4. The molecule has 0 N–H and O–H groups in total. The van der Waals surface area contributed by atoms with E-state index in [0.29, 0.717) is 11.3 Å². The minimum Gasteiger partial charge on any atom is -0.497 e. The van der Waals surface area contributed by atoms with E-state index in [4.69, 9.17) is 8.92 Å². The molecule has 0 unspecified atom stereocenters. The zero-order valence-corrected chi connectivity index (χ0v) is 17.2. The van der Waals surface area contributed by atoms with Gasteiger partial charge < -0.3 is 8.92 Å². The van der Waals surface area contributed by atoms with Gasteiger partial charge in [0, 0.05) is 12.6 Å². The molecule has 0 aliphatic rings. The average Bonchev–Trinajstić information content (AvgIpc) is 2.58. The monoisotopic (exact) mass is 413 g/mol. The van der Waals surface area contributed by atoms with Gasteiger partial charge in [0.15, 0.2) is 0 Å². The van der Waals surface area contributed by atoms with Crippen LogP contribution in [0, 0.1) is 0 Å². The first-order chi connectivity index (χ1) is 12.5. The first kappa shape index (κ1) is 21.2. The van der Waals surface area contributed by atoms with E-state index < -0.39 is 20.1 Å². The summed E-state index contributed by atoms with van der Waals surface area (Å²) in [5.41, 5.74) is 0.613. The summed E-state index contributed by atoms with van der Waals surface area (Å²) >= 11 is 0. The van der Waals surface area contributed by atoms with Crippen LogP contribution in [0.3, 0.4) is 0 Å². The third-order valence-corrected chi connectivity index (χ3v) is 6.26. The summed E-state index contributed by atoms with van der Waals surface area (Å²) in [6.07, 6.45) is 0.953. The number of nitrogens with zero attached hydrogens (tertiary/aromatic N) is 1. The maximum Gasteiger partial charge on any atom is 0.306 e. The van der Waals surface area contributed by atoms with Crippen LogP contribution in [0.15, 0.2) is 53.4 Å². The van der Waals surface area contributed by atoms with Crippen molar-refractivity contribution < 1.29 is 25.8 Å². The van der Waals surface area contributed by atoms with Crippen LogP contribution in [0.1, 0.15) is 19.4 Å². The Kier molecular flexibility index (Phi) is 6.50. The number of rotatable bonds is 8. The molecule has 0 heterocycles. The zero-order valence-electron chi connectivity index (χ0n) is 15.6. The molecule has 0 radical (unpaired) electrons. The molecule has 0 saturated carbocycles. The SMILES string of the molecule is COc1ccc(S(=O)(=O)N(Cc2cccc(OS(C)(=O)=O)c2)C(C)C)cc1. The van der Waals surface area contributed by atoms with Crippen molar-refractivity contribution in [2.45, 2.75) is 31.3 Å². The van der Waals surface area contributed by atoms with Gasteiger partial charge in [-0.25, -0.2) is 8.42 Å². The van der Waals surface area contributed by atoms with Crippen LogP contribution in [0.5, 0.6) is 11.5 Å². The predicted molar refractivity (Wildman–Crippen MR) is 103 cm³/mol. The highest BCUT2D eigenvalue weighted by Gasteiger charge is 2.27. The second-order valence-electron chi connectivity index (χ2n) is 6.25. The van der Waals surface area contributed by atoms with Crippen LogP contribution in [-0.4, -0.2) is 40.5 Å². The van der Waals surface area contributed by atoms with Gasteiger partial charge in [-0.3, -0.25) is 0 Å². The average molecular weight is 414 g/mol. The van der Waals surface area contributed by atoms with E-state index >= 15 is 0 Å². The first-order valence-electron chi connectivity index (χ1n) is 8.17. The fourth-order valence-electron chi connectivity index (χ4n) is 2.48. The van der Waals surface area contributed by atoms with Gasteiger partial charge in [0.1, 0.15) is 11.5 Å². The van der Waals surface area contributed by atoms with E-state index in [0.717, 1.165) is 6.26 Å². The van der Waals surface area contributed by atoms with Crippen molar-refractivity contribution in [2.75, 3.05) is 13.4 Å². The van der Waals surface area contributed by atoms with Crippen LogP contribution < -0.4 is 8.92 Å². The molecule has 2 aromatic carbocycles. The highest BCUT2D eigenvalue weighted by atomic mass is 32.2. The Morgan fingerprint density at radius 1 is 0.963 bits per heavy atom. The van der Waals surface area contributed by atoms with Crippen molar-refractivity contribution in [1.82, 2.24) is 4.31 Å². The third kappa shape index (κ3) is 5.69. The molecular formula is C18H23NO6S2. The molecule has 0 aliphatic heterocycles. The lowest BCUT2D eigenvalue weighted by Gasteiger charge is -2.26. The van der Waals surface area contributed by atoms with Gasteiger partial charge >= 0.3 is 10.1 Å². The van der Waals surface area contributed by atoms with Crippen LogP contribution in [0.2, 0.25) is 0 Å². The Hall–Kier alpha value is -2.10. The molecule has 0 atom stereocenters. The molecule has 148 valence electrons. The van der Waals surface area contributed by atoms with Gasteiger partial charge in [0.05, 0.1) is 18.3 Å². The van der Waals surface area contributed by atoms with Crippen molar-refractivity contribution in [3.63, 3.8) is 0 Å². The lowest BCUT2D eigenvalue weighted by Crippen LogP contribution is -2.36. The normalized spacial score (nSPS) is 12.4. The Balaban J connectivity index is 2.33. The molecule has 2 rings (SSSR count). The summed E-state index contributed by atoms with van der Waals surface area (Å²) in [7, 11) is -5.90. The standard InChI is InChI=1S/C18H23NO6S2/c1-14(2)19(27(22,23)18-10-8-16(24-3)9-11-18)13-15-6-5-7-17(12-15)25-26(4,20)21/h5-12,14H,13H2,1-4H3. The Labute approximate surface area is 160 Å². The van der Waals surface area contributed by atoms with Crippen molar-refractivity contribution in [1.29, 1.82) is 0 Å². The summed E-state index contributed by atoms with van der Waals surface area (Å²) in [6.45, 7) is 3.63. The molecular weight excluding hydrogens is 390 g/mol. The van der Waals surface area contributed by atoms with Crippen LogP contribution >= 0.6 is 0 Å². The molecule has 0 aromatic heterocycles. The molecule has 0 amide bonds. The summed E-state index contributed by atoms with van der Waals surface area (Å²) < 4.78 is 60.0. The van der Waals surface area contributed by atoms with Gasteiger partial charge in [-0.05, 0) is 55.8 Å². The second-order valence-corrected chi connectivity index (χ2v) is 9.72. The highest BCUT2D eigenvalue weighted by molar-refractivity contribution is 7.89. The Bertz CT molecular complexity index is 983. The predicted octanol–water partition coefficient (Wildman–Crippen LogP) is 2.63. The maximum absolute atomic E-state index is 13.0. The second kappa shape index (κ2) is 8.28. The van der Waals surface area contributed by atoms with Gasteiger partial charge in [-0.15, -0.1) is 0 Å². The summed E-state index contributed by atoms with van der Waals surface area (Å²) in [5.74, 6) is 0.705. The summed E-state index contributed by atoms with van der Waals surface area (Å²) in [6, 6.07) is 12.2. The lowest BCUT2D eigenvalue weighted by molar-refractivity contribution is 0.347. The lowest BCUT2D eigenvalue weighted by atomic mass is 10.2. The van der Waals surface area contributed by atoms with Crippen molar-refractivity contribution >= 4 is 20.1 Å².